The summed E-state index contributed by atoms with van der Waals surface area (Å²) in [6.07, 6.45) is 3.39. The second kappa shape index (κ2) is 5.14. The monoisotopic (exact) mass is 235 g/mol. The molecule has 5 nitrogen and oxygen atoms in total. The Labute approximate surface area is 100 Å². The molecule has 0 saturated heterocycles. The van der Waals surface area contributed by atoms with Crippen LogP contribution in [-0.2, 0) is 6.42 Å². The van der Waals surface area contributed by atoms with E-state index >= 15 is 0 Å². The Morgan fingerprint density at radius 2 is 2.29 bits per heavy atom. The average Bonchev–Trinajstić information content (AvgIpc) is 2.94. The Morgan fingerprint density at radius 1 is 1.47 bits per heavy atom. The van der Waals surface area contributed by atoms with Gasteiger partial charge < -0.3 is 14.3 Å². The molecule has 0 aliphatic rings. The smallest absolute Gasteiger partial charge is 0.227 e. The Balaban J connectivity index is 2.04. The average molecular weight is 235 g/mol. The first kappa shape index (κ1) is 11.9. The summed E-state index contributed by atoms with van der Waals surface area (Å²) in [6.45, 7) is 4.01. The molecule has 0 saturated carbocycles. The molecule has 0 radical (unpaired) electrons. The zero-order chi connectivity index (χ0) is 12.3. The Morgan fingerprint density at radius 3 is 2.94 bits per heavy atom. The van der Waals surface area contributed by atoms with Crippen molar-refractivity contribution in [3.63, 3.8) is 0 Å². The minimum absolute atomic E-state index is 0.445. The second-order valence-electron chi connectivity index (χ2n) is 4.13. The van der Waals surface area contributed by atoms with Crippen molar-refractivity contribution in [3.05, 3.63) is 24.0 Å². The van der Waals surface area contributed by atoms with Crippen LogP contribution in [0.2, 0.25) is 0 Å². The molecule has 1 atom stereocenters. The van der Waals surface area contributed by atoms with Gasteiger partial charge in [-0.3, -0.25) is 0 Å². The number of nitrogens with zero attached hydrogens (tertiary/aromatic N) is 2. The molecule has 1 N–H and O–H groups in total. The number of hydrogen-bond donors (Lipinski definition) is 1. The van der Waals surface area contributed by atoms with Crippen LogP contribution < -0.4 is 5.32 Å². The molecular formula is C12H17N3O2. The first-order chi connectivity index (χ1) is 8.20. The molecular weight excluding hydrogens is 218 g/mol. The lowest BCUT2D eigenvalue weighted by Gasteiger charge is -2.06. The van der Waals surface area contributed by atoms with E-state index in [0.29, 0.717) is 17.8 Å². The third kappa shape index (κ3) is 2.74. The van der Waals surface area contributed by atoms with Crippen LogP contribution in [0.25, 0.3) is 11.4 Å². The molecule has 0 amide bonds. The maximum atomic E-state index is 5.21. The summed E-state index contributed by atoms with van der Waals surface area (Å²) in [6, 6.07) is 2.29. The molecule has 0 fully saturated rings. The summed E-state index contributed by atoms with van der Waals surface area (Å²) in [5, 5.41) is 7.13. The van der Waals surface area contributed by atoms with Crippen LogP contribution in [0.5, 0.6) is 0 Å². The first-order valence-corrected chi connectivity index (χ1v) is 5.75. The van der Waals surface area contributed by atoms with E-state index < -0.39 is 0 Å². The lowest BCUT2D eigenvalue weighted by Crippen LogP contribution is -2.21. The minimum Gasteiger partial charge on any atom is -0.469 e. The van der Waals surface area contributed by atoms with E-state index in [2.05, 4.69) is 22.4 Å². The SMILES string of the molecule is CNC(C)CCc1nc(-c2ccoc2C)no1. The van der Waals surface area contributed by atoms with Gasteiger partial charge in [-0.05, 0) is 33.4 Å². The summed E-state index contributed by atoms with van der Waals surface area (Å²) >= 11 is 0. The zero-order valence-corrected chi connectivity index (χ0v) is 10.4. The third-order valence-electron chi connectivity index (χ3n) is 2.85. The molecule has 2 rings (SSSR count). The van der Waals surface area contributed by atoms with Crippen molar-refractivity contribution in [2.75, 3.05) is 7.05 Å². The van der Waals surface area contributed by atoms with Crippen LogP contribution in [-0.4, -0.2) is 23.2 Å². The normalized spacial score (nSPS) is 12.9. The minimum atomic E-state index is 0.445. The largest absolute Gasteiger partial charge is 0.469 e. The van der Waals surface area contributed by atoms with Crippen LogP contribution in [0.4, 0.5) is 0 Å². The summed E-state index contributed by atoms with van der Waals surface area (Å²) < 4.78 is 10.4. The van der Waals surface area contributed by atoms with Crippen molar-refractivity contribution >= 4 is 0 Å². The maximum absolute atomic E-state index is 5.21. The highest BCUT2D eigenvalue weighted by atomic mass is 16.5. The van der Waals surface area contributed by atoms with Crippen molar-refractivity contribution in [2.24, 2.45) is 0 Å². The number of furan rings is 1. The summed E-state index contributed by atoms with van der Waals surface area (Å²) in [5.74, 6) is 2.08. The second-order valence-corrected chi connectivity index (χ2v) is 4.13. The summed E-state index contributed by atoms with van der Waals surface area (Å²) in [4.78, 5) is 4.35. The molecule has 5 heteroatoms. The van der Waals surface area contributed by atoms with E-state index in [0.717, 1.165) is 24.2 Å². The maximum Gasteiger partial charge on any atom is 0.227 e. The Bertz CT molecular complexity index is 476. The molecule has 0 spiro atoms. The van der Waals surface area contributed by atoms with Gasteiger partial charge >= 0.3 is 0 Å². The topological polar surface area (TPSA) is 64.1 Å². The van der Waals surface area contributed by atoms with Crippen LogP contribution in [0.1, 0.15) is 25.0 Å². The number of hydrogen-bond acceptors (Lipinski definition) is 5. The number of nitrogens with one attached hydrogen (secondary N) is 1. The van der Waals surface area contributed by atoms with E-state index in [4.69, 9.17) is 8.94 Å². The highest BCUT2D eigenvalue weighted by molar-refractivity contribution is 5.55. The van der Waals surface area contributed by atoms with Gasteiger partial charge in [-0.2, -0.15) is 4.98 Å². The highest BCUT2D eigenvalue weighted by Gasteiger charge is 2.13. The van der Waals surface area contributed by atoms with Crippen LogP contribution in [0.3, 0.4) is 0 Å². The van der Waals surface area contributed by atoms with E-state index in [9.17, 15) is 0 Å². The van der Waals surface area contributed by atoms with Gasteiger partial charge in [0, 0.05) is 12.5 Å². The molecule has 0 bridgehead atoms. The van der Waals surface area contributed by atoms with Gasteiger partial charge in [0.25, 0.3) is 0 Å². The molecule has 0 aliphatic carbocycles. The number of aromatic nitrogens is 2. The quantitative estimate of drug-likeness (QED) is 0.860. The highest BCUT2D eigenvalue weighted by Crippen LogP contribution is 2.21. The fourth-order valence-electron chi connectivity index (χ4n) is 1.57. The fourth-order valence-corrected chi connectivity index (χ4v) is 1.57. The van der Waals surface area contributed by atoms with Crippen molar-refractivity contribution in [1.29, 1.82) is 0 Å². The van der Waals surface area contributed by atoms with Crippen LogP contribution in [0, 0.1) is 6.92 Å². The van der Waals surface area contributed by atoms with Gasteiger partial charge in [0.2, 0.25) is 11.7 Å². The molecule has 2 aromatic rings. The third-order valence-corrected chi connectivity index (χ3v) is 2.85. The van der Waals surface area contributed by atoms with Gasteiger partial charge in [0.15, 0.2) is 0 Å². The number of rotatable bonds is 5. The number of aryl methyl sites for hydroxylation is 2. The van der Waals surface area contributed by atoms with Crippen LogP contribution in [0.15, 0.2) is 21.3 Å². The van der Waals surface area contributed by atoms with E-state index in [1.807, 2.05) is 20.0 Å². The predicted molar refractivity (Wildman–Crippen MR) is 63.6 cm³/mol. The molecule has 2 heterocycles. The standard InChI is InChI=1S/C12H17N3O2/c1-8(13-3)4-5-11-14-12(15-17-11)10-6-7-16-9(10)2/h6-8,13H,4-5H2,1-3H3. The molecule has 92 valence electrons. The molecule has 0 aromatic carbocycles. The first-order valence-electron chi connectivity index (χ1n) is 5.75. The molecule has 2 aromatic heterocycles. The molecule has 1 unspecified atom stereocenters. The van der Waals surface area contributed by atoms with Crippen molar-refractivity contribution in [2.45, 2.75) is 32.7 Å². The van der Waals surface area contributed by atoms with Gasteiger partial charge in [-0.1, -0.05) is 5.16 Å². The van der Waals surface area contributed by atoms with E-state index in [1.165, 1.54) is 0 Å². The Kier molecular flexibility index (Phi) is 3.58. The summed E-state index contributed by atoms with van der Waals surface area (Å²) in [5.41, 5.74) is 0.890. The molecule has 17 heavy (non-hydrogen) atoms. The Hall–Kier alpha value is -1.62. The summed E-state index contributed by atoms with van der Waals surface area (Å²) in [7, 11) is 1.94. The van der Waals surface area contributed by atoms with E-state index in [1.54, 1.807) is 6.26 Å². The lowest BCUT2D eigenvalue weighted by molar-refractivity contribution is 0.369. The van der Waals surface area contributed by atoms with Crippen molar-refractivity contribution in [1.82, 2.24) is 15.5 Å². The van der Waals surface area contributed by atoms with Crippen molar-refractivity contribution in [3.8, 4) is 11.4 Å². The van der Waals surface area contributed by atoms with E-state index in [-0.39, 0.29) is 0 Å². The predicted octanol–water partition coefficient (Wildman–Crippen LogP) is 2.18. The zero-order valence-electron chi connectivity index (χ0n) is 10.4. The van der Waals surface area contributed by atoms with Gasteiger partial charge in [-0.15, -0.1) is 0 Å². The molecule has 0 aliphatic heterocycles. The van der Waals surface area contributed by atoms with Crippen molar-refractivity contribution < 1.29 is 8.94 Å². The van der Waals surface area contributed by atoms with Gasteiger partial charge in [0.05, 0.1) is 11.8 Å². The fraction of sp³-hybridized carbons (Fsp3) is 0.500. The van der Waals surface area contributed by atoms with Gasteiger partial charge in [0.1, 0.15) is 5.76 Å². The van der Waals surface area contributed by atoms with Crippen LogP contribution >= 0.6 is 0 Å². The van der Waals surface area contributed by atoms with Gasteiger partial charge in [-0.25, -0.2) is 0 Å². The lowest BCUT2D eigenvalue weighted by atomic mass is 10.2.